The van der Waals surface area contributed by atoms with E-state index >= 15 is 0 Å². The fourth-order valence-corrected chi connectivity index (χ4v) is 17.2. The molecule has 0 amide bonds. The molecule has 0 nitrogen and oxygen atoms in total. The van der Waals surface area contributed by atoms with E-state index in [9.17, 15) is 0 Å². The summed E-state index contributed by atoms with van der Waals surface area (Å²) in [5.41, 5.74) is 0. The minimum Gasteiger partial charge on any atom is -0.0533 e. The van der Waals surface area contributed by atoms with Gasteiger partial charge in [0.2, 0.25) is 0 Å². The lowest BCUT2D eigenvalue weighted by Crippen LogP contribution is -2.22. The lowest BCUT2D eigenvalue weighted by molar-refractivity contribution is 0.171. The number of hydrogen-bond acceptors (Lipinski definition) is 0. The van der Waals surface area contributed by atoms with Crippen molar-refractivity contribution in [1.82, 2.24) is 0 Å². The summed E-state index contributed by atoms with van der Waals surface area (Å²) in [7, 11) is 0. The maximum absolute atomic E-state index is 1.56. The summed E-state index contributed by atoms with van der Waals surface area (Å²) < 4.78 is 0. The largest absolute Gasteiger partial charge is 0.0533 e. The molecule has 6 atom stereocenters. The molecule has 60 heavy (non-hydrogen) atoms. The first-order chi connectivity index (χ1) is 29.8. The molecule has 0 radical (unpaired) electrons. The van der Waals surface area contributed by atoms with E-state index in [1.54, 1.807) is 154 Å². The van der Waals surface area contributed by atoms with Gasteiger partial charge in [-0.1, -0.05) is 308 Å². The normalized spacial score (nSPS) is 40.8. The molecule has 12 aliphatic carbocycles. The van der Waals surface area contributed by atoms with Crippen molar-refractivity contribution in [3.05, 3.63) is 0 Å². The maximum Gasteiger partial charge on any atom is -0.0386 e. The Morgan fingerprint density at radius 1 is 0.0833 bits per heavy atom. The van der Waals surface area contributed by atoms with Crippen LogP contribution in [0.3, 0.4) is 0 Å². The van der Waals surface area contributed by atoms with Gasteiger partial charge in [0.25, 0.3) is 0 Å². The highest BCUT2D eigenvalue weighted by atomic mass is 14.4. The third-order valence-electron chi connectivity index (χ3n) is 20.8. The fourth-order valence-electron chi connectivity index (χ4n) is 17.2. The smallest absolute Gasteiger partial charge is 0.0386 e. The molecule has 0 aliphatic heterocycles. The predicted molar refractivity (Wildman–Crippen MR) is 263 cm³/mol. The quantitative estimate of drug-likeness (QED) is 0.228. The second kappa shape index (κ2) is 28.1. The molecule has 12 fully saturated rings. The van der Waals surface area contributed by atoms with Gasteiger partial charge in [-0.2, -0.15) is 0 Å². The van der Waals surface area contributed by atoms with Crippen molar-refractivity contribution in [2.75, 3.05) is 0 Å². The summed E-state index contributed by atoms with van der Waals surface area (Å²) in [6.07, 6.45) is 74.1. The zero-order valence-electron chi connectivity index (χ0n) is 40.9. The molecule has 0 aromatic heterocycles. The highest BCUT2D eigenvalue weighted by Crippen LogP contribution is 2.45. The molecule has 0 aromatic carbocycles. The van der Waals surface area contributed by atoms with Crippen molar-refractivity contribution in [1.29, 1.82) is 0 Å². The SMILES string of the molecule is C1CC2CCCC2C1.C1CCC2CCCC2C1.C1CCC2CCCC2CC1.C1CCC2CCCCC2C1.C1CCC2CCCCC2CC1.C1CCC2CCCCCC2CC1. The highest BCUT2D eigenvalue weighted by molar-refractivity contribution is 4.84. The molecule has 12 aliphatic rings. The summed E-state index contributed by atoms with van der Waals surface area (Å²) in [5, 5.41) is 0. The Hall–Kier alpha value is 0. The van der Waals surface area contributed by atoms with Gasteiger partial charge in [-0.15, -0.1) is 0 Å². The van der Waals surface area contributed by atoms with Gasteiger partial charge in [-0.25, -0.2) is 0 Å². The second-order valence-electron chi connectivity index (χ2n) is 24.5. The standard InChI is InChI=1S/C12H22.C11H20.2C10H18.C9H16.C8H14/c1-3-7-11-9-5-2-6-10-12(11)8-4-1;1-2-6-10-8-4-5-9-11(10)7-3-1;1-2-6-10-8-4-3-7-9(10)5-1;1-2-5-9-7-4-8-10(9)6-3-1;1-2-5-9-7-3-6-8(9)4-1;1-3-7-5-2-6-8(7)4-1/h11-12H,1-10H2;10-11H,1-9H2;2*9-10H,1-8H2;8-9H,1-7H2;7-8H,1-6H2. The van der Waals surface area contributed by atoms with Crippen LogP contribution in [-0.2, 0) is 0 Å². The van der Waals surface area contributed by atoms with E-state index in [2.05, 4.69) is 0 Å². The van der Waals surface area contributed by atoms with Crippen LogP contribution in [0.5, 0.6) is 0 Å². The van der Waals surface area contributed by atoms with Crippen molar-refractivity contribution in [3.63, 3.8) is 0 Å². The molecular weight excluding hydrogens is 721 g/mol. The van der Waals surface area contributed by atoms with Crippen LogP contribution in [0.15, 0.2) is 0 Å². The molecule has 0 bridgehead atoms. The molecule has 0 aromatic rings. The van der Waals surface area contributed by atoms with E-state index < -0.39 is 0 Å². The molecule has 0 heterocycles. The van der Waals surface area contributed by atoms with Crippen molar-refractivity contribution < 1.29 is 0 Å². The van der Waals surface area contributed by atoms with Crippen LogP contribution in [-0.4, -0.2) is 0 Å². The summed E-state index contributed by atoms with van der Waals surface area (Å²) in [6, 6.07) is 0. The Morgan fingerprint density at radius 3 is 0.283 bits per heavy atom. The van der Waals surface area contributed by atoms with Crippen LogP contribution in [0.25, 0.3) is 0 Å². The summed E-state index contributed by atoms with van der Waals surface area (Å²) in [5.74, 6) is 13.9. The van der Waals surface area contributed by atoms with Crippen molar-refractivity contribution in [2.45, 2.75) is 308 Å². The van der Waals surface area contributed by atoms with E-state index in [0.29, 0.717) is 0 Å². The Kier molecular flexibility index (Phi) is 22.5. The second-order valence-corrected chi connectivity index (χ2v) is 24.5. The summed E-state index contributed by atoms with van der Waals surface area (Å²) in [6.45, 7) is 0. The van der Waals surface area contributed by atoms with Gasteiger partial charge < -0.3 is 0 Å². The summed E-state index contributed by atoms with van der Waals surface area (Å²) in [4.78, 5) is 0. The zero-order chi connectivity index (χ0) is 40.9. The molecule has 348 valence electrons. The lowest BCUT2D eigenvalue weighted by atomic mass is 9.71. The molecule has 0 saturated heterocycles. The van der Waals surface area contributed by atoms with Gasteiger partial charge in [0.1, 0.15) is 0 Å². The van der Waals surface area contributed by atoms with Crippen LogP contribution < -0.4 is 0 Å². The fraction of sp³-hybridized carbons (Fsp3) is 1.00. The molecule has 12 saturated carbocycles. The maximum atomic E-state index is 1.56. The van der Waals surface area contributed by atoms with E-state index in [1.807, 2.05) is 0 Å². The van der Waals surface area contributed by atoms with E-state index in [1.165, 1.54) is 178 Å². The van der Waals surface area contributed by atoms with Crippen LogP contribution in [0, 0.1) is 71.0 Å². The molecule has 12 rings (SSSR count). The van der Waals surface area contributed by atoms with Crippen molar-refractivity contribution in [2.24, 2.45) is 71.0 Å². The first kappa shape index (κ1) is 47.9. The minimum absolute atomic E-state index is 1.13. The van der Waals surface area contributed by atoms with Gasteiger partial charge >= 0.3 is 0 Å². The van der Waals surface area contributed by atoms with Gasteiger partial charge in [-0.3, -0.25) is 0 Å². The molecule has 0 heteroatoms. The average molecular weight is 830 g/mol. The number of rotatable bonds is 0. The van der Waals surface area contributed by atoms with Crippen molar-refractivity contribution >= 4 is 0 Å². The van der Waals surface area contributed by atoms with Gasteiger partial charge in [0.15, 0.2) is 0 Å². The Morgan fingerprint density at radius 2 is 0.167 bits per heavy atom. The molecular formula is C60H108. The topological polar surface area (TPSA) is 0 Å². The van der Waals surface area contributed by atoms with Crippen LogP contribution in [0.2, 0.25) is 0 Å². The average Bonchev–Trinajstić information content (AvgIpc) is 4.02. The van der Waals surface area contributed by atoms with Gasteiger partial charge in [-0.05, 0) is 71.0 Å². The Labute approximate surface area is 377 Å². The van der Waals surface area contributed by atoms with Gasteiger partial charge in [0.05, 0.1) is 0 Å². The monoisotopic (exact) mass is 829 g/mol. The van der Waals surface area contributed by atoms with Gasteiger partial charge in [0, 0.05) is 0 Å². The van der Waals surface area contributed by atoms with E-state index in [0.717, 1.165) is 47.3 Å². The van der Waals surface area contributed by atoms with Crippen molar-refractivity contribution in [3.8, 4) is 0 Å². The lowest BCUT2D eigenvalue weighted by Gasteiger charge is -2.35. The summed E-state index contributed by atoms with van der Waals surface area (Å²) >= 11 is 0. The van der Waals surface area contributed by atoms with E-state index in [4.69, 9.17) is 0 Å². The van der Waals surface area contributed by atoms with Crippen LogP contribution >= 0.6 is 0 Å². The Bertz CT molecular complexity index is 962. The third-order valence-corrected chi connectivity index (χ3v) is 20.8. The third kappa shape index (κ3) is 16.2. The molecule has 0 N–H and O–H groups in total. The Balaban J connectivity index is 0.000000109. The van der Waals surface area contributed by atoms with Crippen LogP contribution in [0.1, 0.15) is 308 Å². The predicted octanol–water partition coefficient (Wildman–Crippen LogP) is 20.2. The molecule has 6 unspecified atom stereocenters. The highest BCUT2D eigenvalue weighted by Gasteiger charge is 2.32. The number of hydrogen-bond donors (Lipinski definition) is 0. The minimum atomic E-state index is 1.13. The first-order valence-corrected chi connectivity index (χ1v) is 29.8. The first-order valence-electron chi connectivity index (χ1n) is 29.8. The molecule has 0 spiro atoms. The van der Waals surface area contributed by atoms with Crippen LogP contribution in [0.4, 0.5) is 0 Å². The van der Waals surface area contributed by atoms with E-state index in [-0.39, 0.29) is 0 Å². The zero-order valence-corrected chi connectivity index (χ0v) is 40.9. The number of fused-ring (bicyclic) bond motifs is 6.